The molecule has 10 heteroatoms. The van der Waals surface area contributed by atoms with Crippen LogP contribution in [0.2, 0.25) is 15.1 Å². The van der Waals surface area contributed by atoms with Crippen LogP contribution in [0.25, 0.3) is 0 Å². The van der Waals surface area contributed by atoms with Crippen LogP contribution in [0.3, 0.4) is 0 Å². The highest BCUT2D eigenvalue weighted by Crippen LogP contribution is 2.46. The summed E-state index contributed by atoms with van der Waals surface area (Å²) in [4.78, 5) is 29.9. The second-order valence-electron chi connectivity index (χ2n) is 10.8. The summed E-state index contributed by atoms with van der Waals surface area (Å²) < 4.78 is 20.2. The minimum atomic E-state index is -0.880. The fourth-order valence-corrected chi connectivity index (χ4v) is 6.34. The molecule has 1 saturated heterocycles. The number of nitrogens with zero attached hydrogens (tertiary/aromatic N) is 2. The summed E-state index contributed by atoms with van der Waals surface area (Å²) in [5.74, 6) is -0.971. The molecule has 5 rings (SSSR count). The highest BCUT2D eigenvalue weighted by Gasteiger charge is 2.47. The number of carbonyl (C=O) groups excluding carboxylic acids is 2. The summed E-state index contributed by atoms with van der Waals surface area (Å²) in [6.07, 6.45) is 1.12. The van der Waals surface area contributed by atoms with Crippen LogP contribution in [0.1, 0.15) is 48.8 Å². The molecular formula is C31H31Cl3FN3O3. The van der Waals surface area contributed by atoms with Crippen molar-refractivity contribution in [2.24, 2.45) is 0 Å². The van der Waals surface area contributed by atoms with E-state index in [1.165, 1.54) is 17.0 Å². The van der Waals surface area contributed by atoms with E-state index in [0.29, 0.717) is 65.2 Å². The number of rotatable bonds is 7. The SMILES string of the molecule is CC(CC(C(=O)NCc1cccc(Cl)c1)c1ccc(Cl)c(Cl)c1)N1CCC2(CC1)OC(=O)N(C)c1ccc(F)cc12. The van der Waals surface area contributed by atoms with Crippen molar-refractivity contribution in [3.8, 4) is 0 Å². The second-order valence-corrected chi connectivity index (χ2v) is 12.0. The van der Waals surface area contributed by atoms with Gasteiger partial charge in [-0.3, -0.25) is 9.69 Å². The fourth-order valence-electron chi connectivity index (χ4n) is 5.83. The van der Waals surface area contributed by atoms with Gasteiger partial charge >= 0.3 is 6.09 Å². The number of nitrogens with one attached hydrogen (secondary N) is 1. The van der Waals surface area contributed by atoms with Crippen LogP contribution in [-0.2, 0) is 21.7 Å². The monoisotopic (exact) mass is 617 g/mol. The number of piperidine rings is 1. The quantitative estimate of drug-likeness (QED) is 0.297. The Labute approximate surface area is 254 Å². The first-order valence-corrected chi connectivity index (χ1v) is 14.7. The predicted molar refractivity (Wildman–Crippen MR) is 160 cm³/mol. The molecule has 3 aromatic rings. The van der Waals surface area contributed by atoms with Crippen molar-refractivity contribution in [1.29, 1.82) is 0 Å². The van der Waals surface area contributed by atoms with Crippen molar-refractivity contribution in [2.75, 3.05) is 25.0 Å². The Bertz CT molecular complexity index is 1460. The van der Waals surface area contributed by atoms with Crippen LogP contribution in [0, 0.1) is 5.82 Å². The molecule has 216 valence electrons. The van der Waals surface area contributed by atoms with Gasteiger partial charge in [0, 0.05) is 56.2 Å². The fraction of sp³-hybridized carbons (Fsp3) is 0.355. The molecule has 2 heterocycles. The van der Waals surface area contributed by atoms with E-state index in [9.17, 15) is 14.0 Å². The van der Waals surface area contributed by atoms with Gasteiger partial charge in [0.05, 0.1) is 21.7 Å². The Hall–Kier alpha value is -2.84. The Morgan fingerprint density at radius 2 is 1.80 bits per heavy atom. The maximum atomic E-state index is 14.3. The first-order chi connectivity index (χ1) is 19.6. The maximum absolute atomic E-state index is 14.3. The lowest BCUT2D eigenvalue weighted by molar-refractivity contribution is -0.123. The molecule has 6 nitrogen and oxygen atoms in total. The van der Waals surface area contributed by atoms with Gasteiger partial charge < -0.3 is 15.0 Å². The van der Waals surface area contributed by atoms with Gasteiger partial charge in [-0.2, -0.15) is 0 Å². The summed E-state index contributed by atoms with van der Waals surface area (Å²) in [5, 5.41) is 4.47. The van der Waals surface area contributed by atoms with Crippen molar-refractivity contribution in [3.63, 3.8) is 0 Å². The Kier molecular flexibility index (Phi) is 8.81. The zero-order valence-corrected chi connectivity index (χ0v) is 25.1. The number of hydrogen-bond donors (Lipinski definition) is 1. The Morgan fingerprint density at radius 1 is 1.05 bits per heavy atom. The highest BCUT2D eigenvalue weighted by atomic mass is 35.5. The largest absolute Gasteiger partial charge is 0.437 e. The number of benzene rings is 3. The van der Waals surface area contributed by atoms with Gasteiger partial charge in [-0.15, -0.1) is 0 Å². The summed E-state index contributed by atoms with van der Waals surface area (Å²) in [6.45, 7) is 3.66. The van der Waals surface area contributed by atoms with Crippen LogP contribution in [0.4, 0.5) is 14.9 Å². The van der Waals surface area contributed by atoms with Crippen LogP contribution in [0.5, 0.6) is 0 Å². The van der Waals surface area contributed by atoms with Gasteiger partial charge in [-0.1, -0.05) is 53.0 Å². The van der Waals surface area contributed by atoms with Crippen molar-refractivity contribution in [3.05, 3.63) is 98.2 Å². The first-order valence-electron chi connectivity index (χ1n) is 13.5. The minimum absolute atomic E-state index is 0.0117. The van der Waals surface area contributed by atoms with E-state index in [4.69, 9.17) is 39.5 Å². The topological polar surface area (TPSA) is 61.9 Å². The highest BCUT2D eigenvalue weighted by molar-refractivity contribution is 6.42. The molecule has 2 atom stereocenters. The number of halogens is 4. The van der Waals surface area contributed by atoms with Crippen molar-refractivity contribution >= 4 is 52.5 Å². The Balaban J connectivity index is 1.32. The molecule has 1 N–H and O–H groups in total. The third-order valence-electron chi connectivity index (χ3n) is 8.19. The number of likely N-dealkylation sites (tertiary alicyclic amines) is 1. The standard InChI is InChI=1S/C31H31Cl3FN3O3/c1-19(38-12-10-31(11-13-38)25-17-23(35)7-9-28(25)37(2)30(40)41-31)14-24(21-6-8-26(33)27(34)16-21)29(39)36-18-20-4-3-5-22(32)15-20/h3-9,15-17,19,24H,10-14,18H2,1-2H3,(H,36,39). The maximum Gasteiger partial charge on any atom is 0.414 e. The lowest BCUT2D eigenvalue weighted by Crippen LogP contribution is -2.52. The molecule has 0 radical (unpaired) electrons. The predicted octanol–water partition coefficient (Wildman–Crippen LogP) is 7.54. The van der Waals surface area contributed by atoms with Gasteiger partial charge in [0.15, 0.2) is 0 Å². The number of anilines is 1. The van der Waals surface area contributed by atoms with Gasteiger partial charge in [0.2, 0.25) is 5.91 Å². The normalized spacial score (nSPS) is 18.0. The average molecular weight is 619 g/mol. The minimum Gasteiger partial charge on any atom is -0.437 e. The molecule has 2 unspecified atom stereocenters. The summed E-state index contributed by atoms with van der Waals surface area (Å²) in [5.41, 5.74) is 2.16. The zero-order chi connectivity index (χ0) is 29.3. The van der Waals surface area contributed by atoms with E-state index in [-0.39, 0.29) is 17.8 Å². The number of ether oxygens (including phenoxy) is 1. The van der Waals surface area contributed by atoms with Crippen LogP contribution in [0.15, 0.2) is 60.7 Å². The van der Waals surface area contributed by atoms with Gasteiger partial charge in [-0.05, 0) is 66.9 Å². The number of amides is 2. The summed E-state index contributed by atoms with van der Waals surface area (Å²) >= 11 is 18.6. The molecule has 0 bridgehead atoms. The molecule has 2 aliphatic rings. The van der Waals surface area contributed by atoms with E-state index in [2.05, 4.69) is 17.1 Å². The van der Waals surface area contributed by atoms with Gasteiger partial charge in [0.1, 0.15) is 11.4 Å². The smallest absolute Gasteiger partial charge is 0.414 e. The summed E-state index contributed by atoms with van der Waals surface area (Å²) in [6, 6.07) is 17.1. The van der Waals surface area contributed by atoms with Crippen LogP contribution >= 0.6 is 34.8 Å². The van der Waals surface area contributed by atoms with E-state index >= 15 is 0 Å². The number of hydrogen-bond acceptors (Lipinski definition) is 4. The summed E-state index contributed by atoms with van der Waals surface area (Å²) in [7, 11) is 1.63. The Morgan fingerprint density at radius 3 is 2.51 bits per heavy atom. The molecule has 1 fully saturated rings. The van der Waals surface area contributed by atoms with E-state index < -0.39 is 17.6 Å². The molecule has 3 aromatic carbocycles. The average Bonchev–Trinajstić information content (AvgIpc) is 2.95. The molecule has 1 spiro atoms. The van der Waals surface area contributed by atoms with E-state index in [1.807, 2.05) is 24.3 Å². The molecule has 0 aliphatic carbocycles. The van der Waals surface area contributed by atoms with Crippen molar-refractivity contribution in [2.45, 2.75) is 50.3 Å². The molecule has 41 heavy (non-hydrogen) atoms. The van der Waals surface area contributed by atoms with Crippen LogP contribution in [-0.4, -0.2) is 43.1 Å². The molecular weight excluding hydrogens is 588 g/mol. The molecule has 0 aromatic heterocycles. The lowest BCUT2D eigenvalue weighted by Gasteiger charge is -2.47. The zero-order valence-electron chi connectivity index (χ0n) is 22.8. The third kappa shape index (κ3) is 6.33. The van der Waals surface area contributed by atoms with Crippen LogP contribution < -0.4 is 10.2 Å². The van der Waals surface area contributed by atoms with E-state index in [0.717, 1.165) is 11.1 Å². The molecule has 0 saturated carbocycles. The van der Waals surface area contributed by atoms with Gasteiger partial charge in [-0.25, -0.2) is 9.18 Å². The lowest BCUT2D eigenvalue weighted by atomic mass is 9.81. The second kappa shape index (κ2) is 12.2. The number of carbonyl (C=O) groups is 2. The van der Waals surface area contributed by atoms with Crippen molar-refractivity contribution in [1.82, 2.24) is 10.2 Å². The molecule has 2 aliphatic heterocycles. The third-order valence-corrected chi connectivity index (χ3v) is 9.17. The van der Waals surface area contributed by atoms with Gasteiger partial charge in [0.25, 0.3) is 0 Å². The molecule has 2 amide bonds. The first kappa shape index (κ1) is 29.6. The number of fused-ring (bicyclic) bond motifs is 2. The van der Waals surface area contributed by atoms with Crippen molar-refractivity contribution < 1.29 is 18.7 Å². The van der Waals surface area contributed by atoms with E-state index in [1.54, 1.807) is 31.3 Å².